The second-order valence-electron chi connectivity index (χ2n) is 4.02. The summed E-state index contributed by atoms with van der Waals surface area (Å²) in [6, 6.07) is 6.43. The number of nitrogens with zero attached hydrogens (tertiary/aromatic N) is 1. The third-order valence-corrected chi connectivity index (χ3v) is 2.70. The fourth-order valence-corrected chi connectivity index (χ4v) is 1.87. The Morgan fingerprint density at radius 1 is 1.44 bits per heavy atom. The van der Waals surface area contributed by atoms with Gasteiger partial charge in [0.1, 0.15) is 12.4 Å². The molecular weight excluding hydrogens is 238 g/mol. The van der Waals surface area contributed by atoms with Crippen LogP contribution in [0.3, 0.4) is 0 Å². The van der Waals surface area contributed by atoms with Crippen LogP contribution in [0.15, 0.2) is 24.3 Å². The topological polar surface area (TPSA) is 87.1 Å². The van der Waals surface area contributed by atoms with Crippen molar-refractivity contribution in [1.82, 2.24) is 0 Å². The van der Waals surface area contributed by atoms with Crippen LogP contribution < -0.4 is 4.90 Å². The zero-order valence-corrected chi connectivity index (χ0v) is 9.57. The molecule has 1 atom stereocenters. The SMILES string of the molecule is O=C(O)CC1CN(c2ccccc2O)C(=O)CO1. The van der Waals surface area contributed by atoms with Crippen molar-refractivity contribution in [3.63, 3.8) is 0 Å². The number of hydrogen-bond donors (Lipinski definition) is 2. The van der Waals surface area contributed by atoms with Crippen LogP contribution in [0.2, 0.25) is 0 Å². The summed E-state index contributed by atoms with van der Waals surface area (Å²) < 4.78 is 5.14. The van der Waals surface area contributed by atoms with Gasteiger partial charge >= 0.3 is 5.97 Å². The summed E-state index contributed by atoms with van der Waals surface area (Å²) in [5, 5.41) is 18.4. The van der Waals surface area contributed by atoms with E-state index in [0.717, 1.165) is 0 Å². The van der Waals surface area contributed by atoms with Gasteiger partial charge in [0.2, 0.25) is 0 Å². The van der Waals surface area contributed by atoms with E-state index in [1.807, 2.05) is 0 Å². The highest BCUT2D eigenvalue weighted by molar-refractivity contribution is 5.96. The van der Waals surface area contributed by atoms with Gasteiger partial charge in [-0.2, -0.15) is 0 Å². The second-order valence-corrected chi connectivity index (χ2v) is 4.02. The predicted octanol–water partition coefficient (Wildman–Crippen LogP) is 0.599. The highest BCUT2D eigenvalue weighted by Crippen LogP contribution is 2.28. The first-order chi connectivity index (χ1) is 8.58. The summed E-state index contributed by atoms with van der Waals surface area (Å²) in [4.78, 5) is 23.7. The van der Waals surface area contributed by atoms with E-state index >= 15 is 0 Å². The van der Waals surface area contributed by atoms with Gasteiger partial charge in [0.25, 0.3) is 5.91 Å². The Morgan fingerprint density at radius 3 is 2.83 bits per heavy atom. The van der Waals surface area contributed by atoms with Crippen molar-refractivity contribution in [3.05, 3.63) is 24.3 Å². The maximum atomic E-state index is 11.7. The molecule has 0 radical (unpaired) electrons. The number of morpholine rings is 1. The van der Waals surface area contributed by atoms with Crippen LogP contribution >= 0.6 is 0 Å². The molecule has 18 heavy (non-hydrogen) atoms. The summed E-state index contributed by atoms with van der Waals surface area (Å²) in [6.07, 6.45) is -0.725. The number of anilines is 1. The minimum Gasteiger partial charge on any atom is -0.506 e. The maximum absolute atomic E-state index is 11.7. The third kappa shape index (κ3) is 2.60. The van der Waals surface area contributed by atoms with Gasteiger partial charge in [-0.25, -0.2) is 0 Å². The molecule has 1 fully saturated rings. The van der Waals surface area contributed by atoms with E-state index in [1.54, 1.807) is 18.2 Å². The summed E-state index contributed by atoms with van der Waals surface area (Å²) in [6.45, 7) is -0.0466. The van der Waals surface area contributed by atoms with Crippen molar-refractivity contribution in [3.8, 4) is 5.75 Å². The number of ether oxygens (including phenoxy) is 1. The number of amides is 1. The van der Waals surface area contributed by atoms with Gasteiger partial charge in [-0.05, 0) is 12.1 Å². The monoisotopic (exact) mass is 251 g/mol. The number of rotatable bonds is 3. The number of aromatic hydroxyl groups is 1. The van der Waals surface area contributed by atoms with Gasteiger partial charge in [-0.1, -0.05) is 12.1 Å². The summed E-state index contributed by atoms with van der Waals surface area (Å²) >= 11 is 0. The smallest absolute Gasteiger partial charge is 0.306 e. The zero-order valence-electron chi connectivity index (χ0n) is 9.57. The first-order valence-electron chi connectivity index (χ1n) is 5.49. The fraction of sp³-hybridized carbons (Fsp3) is 0.333. The van der Waals surface area contributed by atoms with E-state index in [2.05, 4.69) is 0 Å². The van der Waals surface area contributed by atoms with Crippen molar-refractivity contribution in [2.75, 3.05) is 18.1 Å². The molecule has 0 aromatic heterocycles. The van der Waals surface area contributed by atoms with Crippen LogP contribution in [0.25, 0.3) is 0 Å². The first-order valence-corrected chi connectivity index (χ1v) is 5.49. The molecule has 2 N–H and O–H groups in total. The molecule has 0 spiro atoms. The lowest BCUT2D eigenvalue weighted by Gasteiger charge is -2.32. The summed E-state index contributed by atoms with van der Waals surface area (Å²) in [5.74, 6) is -1.29. The molecule has 0 bridgehead atoms. The van der Waals surface area contributed by atoms with Gasteiger partial charge < -0.3 is 19.8 Å². The summed E-state index contributed by atoms with van der Waals surface area (Å²) in [7, 11) is 0. The standard InChI is InChI=1S/C12H13NO5/c14-10-4-2-1-3-9(10)13-6-8(5-12(16)17)18-7-11(13)15/h1-4,8,14H,5-7H2,(H,16,17). The minimum atomic E-state index is -0.980. The van der Waals surface area contributed by atoms with E-state index in [1.165, 1.54) is 11.0 Å². The number of carboxylic acid groups (broad SMARTS) is 1. The van der Waals surface area contributed by atoms with E-state index in [-0.39, 0.29) is 31.2 Å². The van der Waals surface area contributed by atoms with Crippen molar-refractivity contribution in [2.24, 2.45) is 0 Å². The highest BCUT2D eigenvalue weighted by atomic mass is 16.5. The number of para-hydroxylation sites is 2. The zero-order chi connectivity index (χ0) is 13.1. The normalized spacial score (nSPS) is 19.9. The Balaban J connectivity index is 2.18. The molecule has 6 nitrogen and oxygen atoms in total. The quantitative estimate of drug-likeness (QED) is 0.821. The number of carbonyl (C=O) groups is 2. The molecule has 1 unspecified atom stereocenters. The van der Waals surface area contributed by atoms with Crippen LogP contribution in [-0.4, -0.2) is 41.3 Å². The molecule has 0 aliphatic carbocycles. The van der Waals surface area contributed by atoms with Crippen LogP contribution in [0.4, 0.5) is 5.69 Å². The Morgan fingerprint density at radius 2 is 2.17 bits per heavy atom. The van der Waals surface area contributed by atoms with Gasteiger partial charge in [-0.15, -0.1) is 0 Å². The second kappa shape index (κ2) is 5.05. The van der Waals surface area contributed by atoms with E-state index in [4.69, 9.17) is 9.84 Å². The van der Waals surface area contributed by atoms with Crippen molar-refractivity contribution >= 4 is 17.6 Å². The molecule has 1 aliphatic rings. The maximum Gasteiger partial charge on any atom is 0.306 e. The number of carboxylic acids is 1. The Kier molecular flexibility index (Phi) is 3.47. The number of phenols is 1. The molecule has 1 heterocycles. The number of phenolic OH excluding ortho intramolecular Hbond substituents is 1. The average molecular weight is 251 g/mol. The van der Waals surface area contributed by atoms with Crippen molar-refractivity contribution in [1.29, 1.82) is 0 Å². The molecule has 1 aromatic rings. The Labute approximate surface area is 103 Å². The number of hydrogen-bond acceptors (Lipinski definition) is 4. The molecule has 2 rings (SSSR count). The van der Waals surface area contributed by atoms with Crippen molar-refractivity contribution in [2.45, 2.75) is 12.5 Å². The van der Waals surface area contributed by atoms with Gasteiger partial charge in [0, 0.05) is 0 Å². The molecule has 1 amide bonds. The van der Waals surface area contributed by atoms with Crippen LogP contribution in [0.1, 0.15) is 6.42 Å². The van der Waals surface area contributed by atoms with E-state index in [0.29, 0.717) is 5.69 Å². The predicted molar refractivity (Wildman–Crippen MR) is 62.5 cm³/mol. The lowest BCUT2D eigenvalue weighted by molar-refractivity contribution is -0.143. The molecule has 6 heteroatoms. The van der Waals surface area contributed by atoms with Crippen molar-refractivity contribution < 1.29 is 24.5 Å². The lowest BCUT2D eigenvalue weighted by Crippen LogP contribution is -2.47. The van der Waals surface area contributed by atoms with Gasteiger partial charge in [0.15, 0.2) is 0 Å². The summed E-state index contributed by atoms with van der Waals surface area (Å²) in [5.41, 5.74) is 0.376. The van der Waals surface area contributed by atoms with Crippen LogP contribution in [-0.2, 0) is 14.3 Å². The fourth-order valence-electron chi connectivity index (χ4n) is 1.87. The van der Waals surface area contributed by atoms with Gasteiger partial charge in [-0.3, -0.25) is 9.59 Å². The molecule has 1 saturated heterocycles. The number of benzene rings is 1. The molecular formula is C12H13NO5. The number of aliphatic carboxylic acids is 1. The average Bonchev–Trinajstić information content (AvgIpc) is 2.32. The molecule has 96 valence electrons. The third-order valence-electron chi connectivity index (χ3n) is 2.70. The first kappa shape index (κ1) is 12.4. The largest absolute Gasteiger partial charge is 0.506 e. The van der Waals surface area contributed by atoms with E-state index in [9.17, 15) is 14.7 Å². The van der Waals surface area contributed by atoms with E-state index < -0.39 is 12.1 Å². The van der Waals surface area contributed by atoms with Gasteiger partial charge in [0.05, 0.1) is 24.8 Å². The van der Waals surface area contributed by atoms with Crippen LogP contribution in [0, 0.1) is 0 Å². The highest BCUT2D eigenvalue weighted by Gasteiger charge is 2.29. The Hall–Kier alpha value is -2.08. The Bertz CT molecular complexity index is 473. The molecule has 1 aliphatic heterocycles. The molecule has 0 saturated carbocycles. The minimum absolute atomic E-state index is 0.0122. The number of carbonyl (C=O) groups excluding carboxylic acids is 1. The lowest BCUT2D eigenvalue weighted by atomic mass is 10.1. The van der Waals surface area contributed by atoms with Crippen LogP contribution in [0.5, 0.6) is 5.75 Å². The molecule has 1 aromatic carbocycles.